The number of hydrogen-bond donors (Lipinski definition) is 2. The summed E-state index contributed by atoms with van der Waals surface area (Å²) in [7, 11) is 0. The zero-order chi connectivity index (χ0) is 16.2. The molecule has 0 fully saturated rings. The van der Waals surface area contributed by atoms with Gasteiger partial charge in [0.25, 0.3) is 0 Å². The summed E-state index contributed by atoms with van der Waals surface area (Å²) in [4.78, 5) is 11.9. The summed E-state index contributed by atoms with van der Waals surface area (Å²) in [5.74, 6) is -2.29. The van der Waals surface area contributed by atoms with E-state index in [1.165, 1.54) is 6.07 Å². The molecule has 3 nitrogen and oxygen atoms in total. The maximum atomic E-state index is 13.1. The fourth-order valence-electron chi connectivity index (χ4n) is 2.26. The van der Waals surface area contributed by atoms with E-state index in [1.807, 2.05) is 42.5 Å². The quantitative estimate of drug-likeness (QED) is 0.759. The van der Waals surface area contributed by atoms with Crippen LogP contribution in [0.3, 0.4) is 0 Å². The Morgan fingerprint density at radius 1 is 0.826 bits per heavy atom. The minimum atomic E-state index is -0.995. The van der Waals surface area contributed by atoms with Crippen molar-refractivity contribution < 1.29 is 13.6 Å². The molecule has 116 valence electrons. The minimum Gasteiger partial charge on any atom is -0.376 e. The lowest BCUT2D eigenvalue weighted by Gasteiger charge is -2.09. The molecule has 3 aromatic carbocycles. The summed E-state index contributed by atoms with van der Waals surface area (Å²) in [6.07, 6.45) is 0. The molecule has 0 aliphatic rings. The third kappa shape index (κ3) is 3.63. The Hall–Kier alpha value is -2.95. The molecule has 3 aromatic rings. The Balaban J connectivity index is 1.62. The molecular formula is C18H14F2N2O. The van der Waals surface area contributed by atoms with Gasteiger partial charge in [0.1, 0.15) is 0 Å². The van der Waals surface area contributed by atoms with Crippen molar-refractivity contribution in [2.24, 2.45) is 0 Å². The first-order chi connectivity index (χ1) is 11.1. The molecule has 23 heavy (non-hydrogen) atoms. The monoisotopic (exact) mass is 312 g/mol. The molecule has 3 rings (SSSR count). The van der Waals surface area contributed by atoms with Gasteiger partial charge >= 0.3 is 0 Å². The number of rotatable bonds is 4. The highest BCUT2D eigenvalue weighted by molar-refractivity contribution is 5.94. The lowest BCUT2D eigenvalue weighted by Crippen LogP contribution is -2.21. The van der Waals surface area contributed by atoms with Crippen molar-refractivity contribution in [2.75, 3.05) is 17.2 Å². The molecule has 2 N–H and O–H groups in total. The number of benzene rings is 3. The van der Waals surface area contributed by atoms with E-state index in [9.17, 15) is 13.6 Å². The van der Waals surface area contributed by atoms with Crippen LogP contribution in [0.25, 0.3) is 10.8 Å². The molecule has 1 amide bonds. The van der Waals surface area contributed by atoms with E-state index in [1.54, 1.807) is 0 Å². The Labute approximate surface area is 131 Å². The largest absolute Gasteiger partial charge is 0.376 e. The van der Waals surface area contributed by atoms with E-state index in [2.05, 4.69) is 10.6 Å². The summed E-state index contributed by atoms with van der Waals surface area (Å²) in [5, 5.41) is 7.70. The van der Waals surface area contributed by atoms with Crippen molar-refractivity contribution in [3.63, 3.8) is 0 Å². The van der Waals surface area contributed by atoms with Gasteiger partial charge in [-0.2, -0.15) is 0 Å². The highest BCUT2D eigenvalue weighted by Crippen LogP contribution is 2.18. The number of hydrogen-bond acceptors (Lipinski definition) is 2. The molecule has 0 spiro atoms. The standard InChI is InChI=1S/C18H14F2N2O/c19-16-8-7-15(10-17(16)20)22-18(23)11-21-14-6-5-12-3-1-2-4-13(12)9-14/h1-10,21H,11H2,(H,22,23). The summed E-state index contributed by atoms with van der Waals surface area (Å²) < 4.78 is 25.9. The van der Waals surface area contributed by atoms with Crippen molar-refractivity contribution in [1.29, 1.82) is 0 Å². The van der Waals surface area contributed by atoms with Crippen LogP contribution < -0.4 is 10.6 Å². The van der Waals surface area contributed by atoms with E-state index < -0.39 is 11.6 Å². The second-order valence-corrected chi connectivity index (χ2v) is 5.09. The van der Waals surface area contributed by atoms with Gasteiger partial charge in [0, 0.05) is 17.4 Å². The first-order valence-electron chi connectivity index (χ1n) is 7.09. The second-order valence-electron chi connectivity index (χ2n) is 5.09. The molecule has 0 aliphatic heterocycles. The van der Waals surface area contributed by atoms with Gasteiger partial charge in [-0.1, -0.05) is 30.3 Å². The molecule has 0 heterocycles. The van der Waals surface area contributed by atoms with Gasteiger partial charge in [-0.15, -0.1) is 0 Å². The third-order valence-corrected chi connectivity index (χ3v) is 3.41. The summed E-state index contributed by atoms with van der Waals surface area (Å²) in [6, 6.07) is 16.9. The van der Waals surface area contributed by atoms with E-state index in [4.69, 9.17) is 0 Å². The zero-order valence-corrected chi connectivity index (χ0v) is 12.1. The molecule has 0 saturated heterocycles. The molecule has 0 aliphatic carbocycles. The average molecular weight is 312 g/mol. The Kier molecular flexibility index (Phi) is 4.19. The first-order valence-corrected chi connectivity index (χ1v) is 7.09. The third-order valence-electron chi connectivity index (χ3n) is 3.41. The Morgan fingerprint density at radius 3 is 2.35 bits per heavy atom. The van der Waals surface area contributed by atoms with Crippen molar-refractivity contribution in [1.82, 2.24) is 0 Å². The molecule has 0 bridgehead atoms. The summed E-state index contributed by atoms with van der Waals surface area (Å²) >= 11 is 0. The molecule has 0 atom stereocenters. The Bertz CT molecular complexity index is 865. The normalized spacial score (nSPS) is 10.5. The lowest BCUT2D eigenvalue weighted by atomic mass is 10.1. The lowest BCUT2D eigenvalue weighted by molar-refractivity contribution is -0.114. The highest BCUT2D eigenvalue weighted by atomic mass is 19.2. The van der Waals surface area contributed by atoms with Crippen LogP contribution in [0.1, 0.15) is 0 Å². The molecule has 0 saturated carbocycles. The van der Waals surface area contributed by atoms with Crippen molar-refractivity contribution in [3.05, 3.63) is 72.3 Å². The number of amides is 1. The van der Waals surface area contributed by atoms with Gasteiger partial charge in [0.15, 0.2) is 11.6 Å². The van der Waals surface area contributed by atoms with Crippen LogP contribution in [0.15, 0.2) is 60.7 Å². The number of anilines is 2. The van der Waals surface area contributed by atoms with Gasteiger partial charge in [0.2, 0.25) is 5.91 Å². The van der Waals surface area contributed by atoms with Gasteiger partial charge in [-0.3, -0.25) is 4.79 Å². The molecule has 0 radical (unpaired) electrons. The molecule has 0 aromatic heterocycles. The second kappa shape index (κ2) is 6.44. The van der Waals surface area contributed by atoms with Crippen molar-refractivity contribution in [2.45, 2.75) is 0 Å². The maximum absolute atomic E-state index is 13.1. The number of nitrogens with one attached hydrogen (secondary N) is 2. The van der Waals surface area contributed by atoms with Crippen LogP contribution >= 0.6 is 0 Å². The van der Waals surface area contributed by atoms with Gasteiger partial charge < -0.3 is 10.6 Å². The SMILES string of the molecule is O=C(CNc1ccc2ccccc2c1)Nc1ccc(F)c(F)c1. The predicted molar refractivity (Wildman–Crippen MR) is 87.4 cm³/mol. The average Bonchev–Trinajstić information content (AvgIpc) is 2.56. The zero-order valence-electron chi connectivity index (χ0n) is 12.1. The first kappa shape index (κ1) is 15.0. The van der Waals surface area contributed by atoms with Crippen molar-refractivity contribution >= 4 is 28.1 Å². The van der Waals surface area contributed by atoms with Crippen LogP contribution in [-0.4, -0.2) is 12.5 Å². The van der Waals surface area contributed by atoms with Crippen LogP contribution in [0.2, 0.25) is 0 Å². The van der Waals surface area contributed by atoms with Crippen LogP contribution in [0.4, 0.5) is 20.2 Å². The van der Waals surface area contributed by atoms with Crippen LogP contribution in [-0.2, 0) is 4.79 Å². The summed E-state index contributed by atoms with van der Waals surface area (Å²) in [5.41, 5.74) is 1.03. The fourth-order valence-corrected chi connectivity index (χ4v) is 2.26. The number of fused-ring (bicyclic) bond motifs is 1. The van der Waals surface area contributed by atoms with E-state index in [-0.39, 0.29) is 18.1 Å². The molecule has 5 heteroatoms. The van der Waals surface area contributed by atoms with Crippen molar-refractivity contribution in [3.8, 4) is 0 Å². The van der Waals surface area contributed by atoms with E-state index in [0.29, 0.717) is 0 Å². The fraction of sp³-hybridized carbons (Fsp3) is 0.0556. The number of halogens is 2. The number of carbonyl (C=O) groups is 1. The minimum absolute atomic E-state index is 0.0251. The maximum Gasteiger partial charge on any atom is 0.243 e. The van der Waals surface area contributed by atoms with Gasteiger partial charge in [-0.25, -0.2) is 8.78 Å². The van der Waals surface area contributed by atoms with Crippen LogP contribution in [0, 0.1) is 11.6 Å². The number of carbonyl (C=O) groups excluding carboxylic acids is 1. The van der Waals surface area contributed by atoms with E-state index in [0.717, 1.165) is 28.6 Å². The summed E-state index contributed by atoms with van der Waals surface area (Å²) in [6.45, 7) is 0.0251. The molecular weight excluding hydrogens is 298 g/mol. The van der Waals surface area contributed by atoms with Gasteiger partial charge in [0.05, 0.1) is 6.54 Å². The topological polar surface area (TPSA) is 41.1 Å². The molecule has 0 unspecified atom stereocenters. The predicted octanol–water partition coefficient (Wildman–Crippen LogP) is 4.17. The van der Waals surface area contributed by atoms with Gasteiger partial charge in [-0.05, 0) is 35.0 Å². The Morgan fingerprint density at radius 2 is 1.57 bits per heavy atom. The van der Waals surface area contributed by atoms with E-state index >= 15 is 0 Å². The van der Waals surface area contributed by atoms with Crippen LogP contribution in [0.5, 0.6) is 0 Å². The highest BCUT2D eigenvalue weighted by Gasteiger charge is 2.06. The smallest absolute Gasteiger partial charge is 0.243 e.